The molecule has 2 rings (SSSR count). The van der Waals surface area contributed by atoms with Gasteiger partial charge in [0.25, 0.3) is 0 Å². The van der Waals surface area contributed by atoms with Gasteiger partial charge in [-0.05, 0) is 11.6 Å². The first-order valence-corrected chi connectivity index (χ1v) is 9.03. The Balaban J connectivity index is 2.40. The van der Waals surface area contributed by atoms with Crippen LogP contribution in [0.5, 0.6) is 11.5 Å². The highest BCUT2D eigenvalue weighted by Gasteiger charge is 2.21. The number of hydrogen-bond donors (Lipinski definition) is 0. The number of methoxy groups -OCH3 is 1. The van der Waals surface area contributed by atoms with E-state index in [9.17, 15) is 9.59 Å². The molecule has 0 aliphatic carbocycles. The van der Waals surface area contributed by atoms with Crippen molar-refractivity contribution in [3.63, 3.8) is 0 Å². The predicted molar refractivity (Wildman–Crippen MR) is 102 cm³/mol. The number of esters is 2. The van der Waals surface area contributed by atoms with Gasteiger partial charge in [0, 0.05) is 29.4 Å². The lowest BCUT2D eigenvalue weighted by Gasteiger charge is -2.19. The zero-order valence-corrected chi connectivity index (χ0v) is 17.0. The summed E-state index contributed by atoms with van der Waals surface area (Å²) < 4.78 is 22.5. The van der Waals surface area contributed by atoms with E-state index in [-0.39, 0.29) is 13.2 Å². The summed E-state index contributed by atoms with van der Waals surface area (Å²) in [5.41, 5.74) is 2.24. The normalized spacial score (nSPS) is 10.2. The Morgan fingerprint density at radius 3 is 2.15 bits per heavy atom. The molecule has 0 saturated carbocycles. The van der Waals surface area contributed by atoms with E-state index in [1.165, 1.54) is 21.0 Å². The van der Waals surface area contributed by atoms with E-state index < -0.39 is 11.9 Å². The van der Waals surface area contributed by atoms with Crippen molar-refractivity contribution in [1.29, 1.82) is 0 Å². The molecule has 2 aromatic carbocycles. The van der Waals surface area contributed by atoms with Gasteiger partial charge in [0.1, 0.15) is 19.8 Å². The molecule has 6 nitrogen and oxygen atoms in total. The fourth-order valence-electron chi connectivity index (χ4n) is 2.40. The summed E-state index contributed by atoms with van der Waals surface area (Å²) in [7, 11) is 1.50. The Morgan fingerprint density at radius 1 is 0.926 bits per heavy atom. The fraction of sp³-hybridized carbons (Fsp3) is 0.300. The van der Waals surface area contributed by atoms with Crippen molar-refractivity contribution in [2.24, 2.45) is 0 Å². The van der Waals surface area contributed by atoms with Gasteiger partial charge in [-0.2, -0.15) is 0 Å². The van der Waals surface area contributed by atoms with E-state index in [1.807, 2.05) is 30.3 Å². The van der Waals surface area contributed by atoms with E-state index in [0.29, 0.717) is 33.7 Å². The molecule has 0 heterocycles. The van der Waals surface area contributed by atoms with Crippen LogP contribution < -0.4 is 9.47 Å². The summed E-state index contributed by atoms with van der Waals surface area (Å²) in [6.07, 6.45) is 0. The lowest BCUT2D eigenvalue weighted by molar-refractivity contribution is -0.143. The molecule has 0 radical (unpaired) electrons. The molecule has 0 aliphatic rings. The van der Waals surface area contributed by atoms with Crippen LogP contribution >= 0.6 is 15.9 Å². The lowest BCUT2D eigenvalue weighted by Crippen LogP contribution is -2.08. The second kappa shape index (κ2) is 9.97. The standard InChI is InChI=1S/C20H21BrO6/c1-13(22)25-11-16-9-18(21)17(12-26-14(2)23)20(24-3)19(16)27-10-15-7-5-4-6-8-15/h4-9H,10-12H2,1-3H3. The topological polar surface area (TPSA) is 71.1 Å². The van der Waals surface area contributed by atoms with Crippen LogP contribution in [-0.4, -0.2) is 19.0 Å². The maximum Gasteiger partial charge on any atom is 0.302 e. The van der Waals surface area contributed by atoms with E-state index in [0.717, 1.165) is 5.56 Å². The summed E-state index contributed by atoms with van der Waals surface area (Å²) in [6, 6.07) is 11.4. The van der Waals surface area contributed by atoms with E-state index in [4.69, 9.17) is 18.9 Å². The highest BCUT2D eigenvalue weighted by Crippen LogP contribution is 2.41. The van der Waals surface area contributed by atoms with E-state index >= 15 is 0 Å². The molecule has 0 bridgehead atoms. The SMILES string of the molecule is COc1c(COC(C)=O)c(Br)cc(COC(C)=O)c1OCc1ccccc1. The van der Waals surface area contributed by atoms with Crippen LogP contribution in [0.1, 0.15) is 30.5 Å². The number of benzene rings is 2. The molecule has 7 heteroatoms. The summed E-state index contributed by atoms with van der Waals surface area (Å²) >= 11 is 3.46. The van der Waals surface area contributed by atoms with Crippen molar-refractivity contribution < 1.29 is 28.5 Å². The molecule has 0 atom stereocenters. The highest BCUT2D eigenvalue weighted by molar-refractivity contribution is 9.10. The molecule has 0 N–H and O–H groups in total. The van der Waals surface area contributed by atoms with Gasteiger partial charge >= 0.3 is 11.9 Å². The smallest absolute Gasteiger partial charge is 0.302 e. The summed E-state index contributed by atoms with van der Waals surface area (Å²) in [4.78, 5) is 22.4. The highest BCUT2D eigenvalue weighted by atomic mass is 79.9. The second-order valence-electron chi connectivity index (χ2n) is 5.69. The van der Waals surface area contributed by atoms with Gasteiger partial charge in [-0.3, -0.25) is 9.59 Å². The first-order valence-electron chi connectivity index (χ1n) is 8.24. The molecule has 0 aliphatic heterocycles. The molecule has 2 aromatic rings. The second-order valence-corrected chi connectivity index (χ2v) is 6.55. The number of hydrogen-bond acceptors (Lipinski definition) is 6. The maximum atomic E-state index is 11.2. The van der Waals surface area contributed by atoms with Crippen LogP contribution in [0.25, 0.3) is 0 Å². The third-order valence-corrected chi connectivity index (χ3v) is 4.35. The van der Waals surface area contributed by atoms with Gasteiger partial charge in [-0.25, -0.2) is 0 Å². The van der Waals surface area contributed by atoms with Crippen LogP contribution in [-0.2, 0) is 38.9 Å². The van der Waals surface area contributed by atoms with Crippen molar-refractivity contribution in [3.8, 4) is 11.5 Å². The van der Waals surface area contributed by atoms with Gasteiger partial charge in [-0.15, -0.1) is 0 Å². The Kier molecular flexibility index (Phi) is 7.67. The van der Waals surface area contributed by atoms with Gasteiger partial charge in [0.05, 0.1) is 7.11 Å². The van der Waals surface area contributed by atoms with Gasteiger partial charge in [0.15, 0.2) is 11.5 Å². The monoisotopic (exact) mass is 436 g/mol. The average molecular weight is 437 g/mol. The summed E-state index contributed by atoms with van der Waals surface area (Å²) in [6.45, 7) is 3.03. The molecular formula is C20H21BrO6. The van der Waals surface area contributed by atoms with E-state index in [2.05, 4.69) is 15.9 Å². The molecule has 0 unspecified atom stereocenters. The average Bonchev–Trinajstić information content (AvgIpc) is 2.64. The minimum atomic E-state index is -0.403. The van der Waals surface area contributed by atoms with Crippen molar-refractivity contribution in [3.05, 3.63) is 57.6 Å². The largest absolute Gasteiger partial charge is 0.492 e. The van der Waals surface area contributed by atoms with Gasteiger partial charge in [-0.1, -0.05) is 46.3 Å². The summed E-state index contributed by atoms with van der Waals surface area (Å²) in [5.74, 6) is 0.0550. The number of rotatable bonds is 8. The van der Waals surface area contributed by atoms with Crippen LogP contribution in [0.4, 0.5) is 0 Å². The molecular weight excluding hydrogens is 416 g/mol. The number of halogens is 1. The molecule has 144 valence electrons. The number of carbonyl (C=O) groups excluding carboxylic acids is 2. The van der Waals surface area contributed by atoms with Crippen LogP contribution in [0.3, 0.4) is 0 Å². The van der Waals surface area contributed by atoms with Crippen molar-refractivity contribution >= 4 is 27.9 Å². The molecule has 0 saturated heterocycles. The molecule has 0 fully saturated rings. The Labute approximate surface area is 166 Å². The first-order chi connectivity index (χ1) is 12.9. The Bertz CT molecular complexity index is 804. The minimum Gasteiger partial charge on any atom is -0.492 e. The zero-order chi connectivity index (χ0) is 19.8. The number of carbonyl (C=O) groups is 2. The quantitative estimate of drug-likeness (QED) is 0.578. The third kappa shape index (κ3) is 5.99. The van der Waals surface area contributed by atoms with Crippen LogP contribution in [0, 0.1) is 0 Å². The third-order valence-electron chi connectivity index (χ3n) is 3.64. The molecule has 0 spiro atoms. The fourth-order valence-corrected chi connectivity index (χ4v) is 2.97. The van der Waals surface area contributed by atoms with Crippen molar-refractivity contribution in [2.75, 3.05) is 7.11 Å². The molecule has 27 heavy (non-hydrogen) atoms. The van der Waals surface area contributed by atoms with Crippen LogP contribution in [0.2, 0.25) is 0 Å². The minimum absolute atomic E-state index is 0.0225. The first kappa shape index (κ1) is 20.8. The Hall–Kier alpha value is -2.54. The van der Waals surface area contributed by atoms with Gasteiger partial charge in [0.2, 0.25) is 0 Å². The van der Waals surface area contributed by atoms with Crippen molar-refractivity contribution in [1.82, 2.24) is 0 Å². The van der Waals surface area contributed by atoms with Gasteiger partial charge < -0.3 is 18.9 Å². The van der Waals surface area contributed by atoms with Crippen LogP contribution in [0.15, 0.2) is 40.9 Å². The molecule has 0 amide bonds. The lowest BCUT2D eigenvalue weighted by atomic mass is 10.1. The predicted octanol–water partition coefficient (Wildman–Crippen LogP) is 4.16. The molecule has 0 aromatic heterocycles. The zero-order valence-electron chi connectivity index (χ0n) is 15.4. The van der Waals surface area contributed by atoms with E-state index in [1.54, 1.807) is 6.07 Å². The Morgan fingerprint density at radius 2 is 1.56 bits per heavy atom. The summed E-state index contributed by atoms with van der Waals surface area (Å²) in [5, 5.41) is 0. The number of ether oxygens (including phenoxy) is 4. The van der Waals surface area contributed by atoms with Crippen molar-refractivity contribution in [2.45, 2.75) is 33.7 Å². The maximum absolute atomic E-state index is 11.2.